The normalized spacial score (nSPS) is 10.7. The molecule has 0 radical (unpaired) electrons. The molecule has 15 heavy (non-hydrogen) atoms. The van der Waals surface area contributed by atoms with Crippen molar-refractivity contribution in [1.82, 2.24) is 9.78 Å². The topological polar surface area (TPSA) is 52.0 Å². The molecule has 0 atom stereocenters. The second-order valence-electron chi connectivity index (χ2n) is 3.71. The van der Waals surface area contributed by atoms with Crippen LogP contribution in [0.5, 0.6) is 0 Å². The SMILES string of the molecule is CC(C)c1cc(CC(=O)Cl)c(=O)n(C)n1. The molecule has 1 aromatic rings. The second-order valence-corrected chi connectivity index (χ2v) is 4.13. The van der Waals surface area contributed by atoms with E-state index in [-0.39, 0.29) is 17.9 Å². The first-order valence-electron chi connectivity index (χ1n) is 4.67. The molecular formula is C10H13ClN2O2. The molecule has 0 aromatic carbocycles. The van der Waals surface area contributed by atoms with E-state index in [1.807, 2.05) is 13.8 Å². The van der Waals surface area contributed by atoms with Crippen LogP contribution >= 0.6 is 11.6 Å². The number of hydrogen-bond acceptors (Lipinski definition) is 3. The molecule has 0 spiro atoms. The summed E-state index contributed by atoms with van der Waals surface area (Å²) in [5.74, 6) is 0.209. The molecule has 0 saturated heterocycles. The van der Waals surface area contributed by atoms with Crippen molar-refractivity contribution in [2.75, 3.05) is 0 Å². The van der Waals surface area contributed by atoms with Gasteiger partial charge in [0.1, 0.15) is 0 Å². The molecule has 5 heteroatoms. The van der Waals surface area contributed by atoms with E-state index in [2.05, 4.69) is 5.10 Å². The summed E-state index contributed by atoms with van der Waals surface area (Å²) in [6.07, 6.45) is -0.0452. The Bertz CT molecular complexity index is 438. The fourth-order valence-corrected chi connectivity index (χ4v) is 1.40. The quantitative estimate of drug-likeness (QED) is 0.731. The Kier molecular flexibility index (Phi) is 3.63. The number of carbonyl (C=O) groups excluding carboxylic acids is 1. The maximum absolute atomic E-state index is 11.6. The third kappa shape index (κ3) is 2.89. The van der Waals surface area contributed by atoms with Gasteiger partial charge in [-0.1, -0.05) is 13.8 Å². The molecule has 1 rings (SSSR count). The van der Waals surface area contributed by atoms with Crippen LogP contribution in [0.1, 0.15) is 31.0 Å². The van der Waals surface area contributed by atoms with E-state index < -0.39 is 5.24 Å². The minimum absolute atomic E-state index is 0.0452. The van der Waals surface area contributed by atoms with Crippen molar-refractivity contribution in [1.29, 1.82) is 0 Å². The molecule has 0 N–H and O–H groups in total. The van der Waals surface area contributed by atoms with Crippen molar-refractivity contribution in [3.8, 4) is 0 Å². The van der Waals surface area contributed by atoms with Gasteiger partial charge in [0.15, 0.2) is 0 Å². The van der Waals surface area contributed by atoms with Crippen molar-refractivity contribution in [3.63, 3.8) is 0 Å². The van der Waals surface area contributed by atoms with Gasteiger partial charge in [-0.15, -0.1) is 0 Å². The molecular weight excluding hydrogens is 216 g/mol. The molecule has 0 bridgehead atoms. The highest BCUT2D eigenvalue weighted by Gasteiger charge is 2.10. The molecule has 0 aliphatic carbocycles. The van der Waals surface area contributed by atoms with Crippen LogP contribution in [0, 0.1) is 0 Å². The molecule has 4 nitrogen and oxygen atoms in total. The van der Waals surface area contributed by atoms with Gasteiger partial charge in [-0.3, -0.25) is 9.59 Å². The summed E-state index contributed by atoms with van der Waals surface area (Å²) in [7, 11) is 1.57. The minimum atomic E-state index is -0.534. The summed E-state index contributed by atoms with van der Waals surface area (Å²) >= 11 is 5.26. The lowest BCUT2D eigenvalue weighted by atomic mass is 10.1. The van der Waals surface area contributed by atoms with Gasteiger partial charge in [0.05, 0.1) is 12.1 Å². The number of halogens is 1. The number of aromatic nitrogens is 2. The zero-order chi connectivity index (χ0) is 11.6. The predicted molar refractivity (Wildman–Crippen MR) is 58.1 cm³/mol. The van der Waals surface area contributed by atoms with Crippen LogP contribution < -0.4 is 5.56 Å². The highest BCUT2D eigenvalue weighted by Crippen LogP contribution is 2.10. The zero-order valence-electron chi connectivity index (χ0n) is 8.95. The lowest BCUT2D eigenvalue weighted by molar-refractivity contribution is -0.111. The van der Waals surface area contributed by atoms with E-state index in [9.17, 15) is 9.59 Å². The van der Waals surface area contributed by atoms with Gasteiger partial charge in [-0.2, -0.15) is 5.10 Å². The Morgan fingerprint density at radius 3 is 2.67 bits per heavy atom. The predicted octanol–water partition coefficient (Wildman–Crippen LogP) is 1.21. The second kappa shape index (κ2) is 4.57. The van der Waals surface area contributed by atoms with Gasteiger partial charge >= 0.3 is 0 Å². The van der Waals surface area contributed by atoms with Crippen molar-refractivity contribution < 1.29 is 4.79 Å². The Labute approximate surface area is 92.9 Å². The summed E-state index contributed by atoms with van der Waals surface area (Å²) < 4.78 is 1.24. The number of aryl methyl sites for hydroxylation is 1. The number of nitrogens with zero attached hydrogens (tertiary/aromatic N) is 2. The maximum atomic E-state index is 11.6. The Hall–Kier alpha value is -1.16. The van der Waals surface area contributed by atoms with Crippen LogP contribution in [0.15, 0.2) is 10.9 Å². The van der Waals surface area contributed by atoms with E-state index in [0.717, 1.165) is 5.69 Å². The average molecular weight is 229 g/mol. The minimum Gasteiger partial charge on any atom is -0.281 e. The van der Waals surface area contributed by atoms with E-state index >= 15 is 0 Å². The first kappa shape index (κ1) is 11.9. The summed E-state index contributed by atoms with van der Waals surface area (Å²) in [6, 6.07) is 1.65. The van der Waals surface area contributed by atoms with Crippen LogP contribution in [0.25, 0.3) is 0 Å². The van der Waals surface area contributed by atoms with Crippen molar-refractivity contribution in [3.05, 3.63) is 27.7 Å². The molecule has 0 fully saturated rings. The summed E-state index contributed by atoms with van der Waals surface area (Å²) in [6.45, 7) is 3.94. The zero-order valence-corrected chi connectivity index (χ0v) is 9.71. The summed E-state index contributed by atoms with van der Waals surface area (Å²) in [4.78, 5) is 22.3. The lowest BCUT2D eigenvalue weighted by Crippen LogP contribution is -2.26. The van der Waals surface area contributed by atoms with Crippen LogP contribution in [0.3, 0.4) is 0 Å². The third-order valence-electron chi connectivity index (χ3n) is 2.08. The van der Waals surface area contributed by atoms with E-state index in [4.69, 9.17) is 11.6 Å². The van der Waals surface area contributed by atoms with Gasteiger partial charge in [-0.05, 0) is 23.6 Å². The third-order valence-corrected chi connectivity index (χ3v) is 2.21. The Balaban J connectivity index is 3.25. The maximum Gasteiger partial charge on any atom is 0.270 e. The van der Waals surface area contributed by atoms with Gasteiger partial charge in [0.25, 0.3) is 5.56 Å². The highest BCUT2D eigenvalue weighted by atomic mass is 35.5. The highest BCUT2D eigenvalue weighted by molar-refractivity contribution is 6.63. The largest absolute Gasteiger partial charge is 0.281 e. The molecule has 82 valence electrons. The molecule has 1 aromatic heterocycles. The fraction of sp³-hybridized carbons (Fsp3) is 0.500. The molecule has 1 heterocycles. The first-order valence-corrected chi connectivity index (χ1v) is 5.05. The number of rotatable bonds is 3. The van der Waals surface area contributed by atoms with Gasteiger partial charge in [0, 0.05) is 12.6 Å². The molecule has 0 unspecified atom stereocenters. The van der Waals surface area contributed by atoms with Crippen LogP contribution in [0.2, 0.25) is 0 Å². The van der Waals surface area contributed by atoms with Gasteiger partial charge in [0.2, 0.25) is 5.24 Å². The van der Waals surface area contributed by atoms with Gasteiger partial charge in [-0.25, -0.2) is 4.68 Å². The molecule has 0 saturated carbocycles. The van der Waals surface area contributed by atoms with Crippen LogP contribution in [0.4, 0.5) is 0 Å². The van der Waals surface area contributed by atoms with E-state index in [1.165, 1.54) is 4.68 Å². The summed E-state index contributed by atoms with van der Waals surface area (Å²) in [5, 5.41) is 3.56. The lowest BCUT2D eigenvalue weighted by Gasteiger charge is -2.08. The number of carbonyl (C=O) groups is 1. The molecule has 0 aliphatic rings. The Morgan fingerprint density at radius 2 is 2.20 bits per heavy atom. The van der Waals surface area contributed by atoms with Crippen molar-refractivity contribution in [2.24, 2.45) is 7.05 Å². The standard InChI is InChI=1S/C10H13ClN2O2/c1-6(2)8-4-7(5-9(11)14)10(15)13(3)12-8/h4,6H,5H2,1-3H3. The number of hydrogen-bond donors (Lipinski definition) is 0. The smallest absolute Gasteiger partial charge is 0.270 e. The Morgan fingerprint density at radius 1 is 1.60 bits per heavy atom. The van der Waals surface area contributed by atoms with Crippen LogP contribution in [-0.2, 0) is 18.3 Å². The molecule has 0 aliphatic heterocycles. The van der Waals surface area contributed by atoms with Crippen LogP contribution in [-0.4, -0.2) is 15.0 Å². The van der Waals surface area contributed by atoms with Gasteiger partial charge < -0.3 is 0 Å². The van der Waals surface area contributed by atoms with Crippen molar-refractivity contribution in [2.45, 2.75) is 26.2 Å². The van der Waals surface area contributed by atoms with E-state index in [0.29, 0.717) is 5.56 Å². The van der Waals surface area contributed by atoms with E-state index in [1.54, 1.807) is 13.1 Å². The molecule has 0 amide bonds. The average Bonchev–Trinajstić information content (AvgIpc) is 2.11. The van der Waals surface area contributed by atoms with Crippen molar-refractivity contribution >= 4 is 16.8 Å². The fourth-order valence-electron chi connectivity index (χ4n) is 1.25. The summed E-state index contributed by atoms with van der Waals surface area (Å²) in [5.41, 5.74) is 0.912. The first-order chi connectivity index (χ1) is 6.91. The monoisotopic (exact) mass is 228 g/mol.